The van der Waals surface area contributed by atoms with Crippen LogP contribution in [0.3, 0.4) is 0 Å². The molecule has 1 heterocycles. The quantitative estimate of drug-likeness (QED) is 0.692. The molecule has 5 heteroatoms. The molecule has 62 valence electrons. The van der Waals surface area contributed by atoms with Gasteiger partial charge in [-0.2, -0.15) is 4.39 Å². The summed E-state index contributed by atoms with van der Waals surface area (Å²) in [6, 6.07) is 3.76. The van der Waals surface area contributed by atoms with Gasteiger partial charge in [0, 0.05) is 3.57 Å². The average molecular weight is 388 g/mol. The van der Waals surface area contributed by atoms with Crippen LogP contribution in [0.25, 0.3) is 11.0 Å². The first kappa shape index (κ1) is 8.67. The third-order valence-corrected chi connectivity index (χ3v) is 4.54. The van der Waals surface area contributed by atoms with Crippen molar-refractivity contribution in [3.8, 4) is 0 Å². The number of fused-ring (bicyclic) bond motifs is 1. The summed E-state index contributed by atoms with van der Waals surface area (Å²) >= 11 is 4.36. The second kappa shape index (κ2) is 3.09. The van der Waals surface area contributed by atoms with Gasteiger partial charge in [-0.3, -0.25) is 0 Å². The zero-order valence-corrected chi connectivity index (χ0v) is 10.1. The van der Waals surface area contributed by atoms with Crippen LogP contribution in [-0.4, -0.2) is 9.97 Å². The molecule has 0 unspecified atom stereocenters. The van der Waals surface area contributed by atoms with Crippen LogP contribution in [-0.2, 0) is 0 Å². The van der Waals surface area contributed by atoms with Gasteiger partial charge < -0.3 is 4.98 Å². The Bertz CT molecular complexity index is 438. The van der Waals surface area contributed by atoms with Crippen molar-refractivity contribution in [1.29, 1.82) is 0 Å². The summed E-state index contributed by atoms with van der Waals surface area (Å²) in [7, 11) is 0. The fourth-order valence-electron chi connectivity index (χ4n) is 0.987. The minimum absolute atomic E-state index is 0.523. The van der Waals surface area contributed by atoms with Crippen molar-refractivity contribution in [2.24, 2.45) is 0 Å². The maximum absolute atomic E-state index is 12.7. The summed E-state index contributed by atoms with van der Waals surface area (Å²) in [5, 5.41) is 0. The molecular weight excluding hydrogens is 385 g/mol. The molecule has 1 aromatic carbocycles. The number of benzene rings is 1. The van der Waals surface area contributed by atoms with Gasteiger partial charge in [-0.05, 0) is 57.3 Å². The van der Waals surface area contributed by atoms with E-state index in [4.69, 9.17) is 0 Å². The maximum Gasteiger partial charge on any atom is 0.287 e. The first-order valence-electron chi connectivity index (χ1n) is 3.17. The molecule has 12 heavy (non-hydrogen) atoms. The SMILES string of the molecule is Fc1nc2c(I)c(I)ccc2[nH]1. The minimum atomic E-state index is -0.523. The number of hydrogen-bond acceptors (Lipinski definition) is 1. The fourth-order valence-corrected chi connectivity index (χ4v) is 2.01. The van der Waals surface area contributed by atoms with Gasteiger partial charge in [-0.15, -0.1) is 0 Å². The summed E-state index contributed by atoms with van der Waals surface area (Å²) in [5.74, 6) is 0. The molecule has 2 rings (SSSR count). The van der Waals surface area contributed by atoms with Gasteiger partial charge in [-0.1, -0.05) is 0 Å². The van der Waals surface area contributed by atoms with E-state index in [1.54, 1.807) is 0 Å². The topological polar surface area (TPSA) is 28.7 Å². The first-order chi connectivity index (χ1) is 5.68. The van der Waals surface area contributed by atoms with E-state index >= 15 is 0 Å². The van der Waals surface area contributed by atoms with Crippen molar-refractivity contribution < 1.29 is 4.39 Å². The zero-order chi connectivity index (χ0) is 8.72. The van der Waals surface area contributed by atoms with E-state index in [0.717, 1.165) is 12.7 Å². The van der Waals surface area contributed by atoms with Gasteiger partial charge in [0.25, 0.3) is 6.08 Å². The first-order valence-corrected chi connectivity index (χ1v) is 5.33. The van der Waals surface area contributed by atoms with Crippen LogP contribution >= 0.6 is 45.2 Å². The highest BCUT2D eigenvalue weighted by atomic mass is 127. The summed E-state index contributed by atoms with van der Waals surface area (Å²) < 4.78 is 14.7. The van der Waals surface area contributed by atoms with Crippen LogP contribution in [0.4, 0.5) is 4.39 Å². The molecular formula is C7H3FI2N2. The number of hydrogen-bond donors (Lipinski definition) is 1. The normalized spacial score (nSPS) is 10.9. The van der Waals surface area contributed by atoms with Crippen molar-refractivity contribution in [2.45, 2.75) is 0 Å². The van der Waals surface area contributed by atoms with Gasteiger partial charge in [0.1, 0.15) is 5.52 Å². The lowest BCUT2D eigenvalue weighted by Gasteiger charge is -1.94. The van der Waals surface area contributed by atoms with E-state index in [1.807, 2.05) is 12.1 Å². The summed E-state index contributed by atoms with van der Waals surface area (Å²) in [4.78, 5) is 6.28. The third kappa shape index (κ3) is 1.32. The smallest absolute Gasteiger partial charge is 0.287 e. The Morgan fingerprint density at radius 1 is 1.33 bits per heavy atom. The summed E-state index contributed by atoms with van der Waals surface area (Å²) in [6.07, 6.45) is -0.523. The molecule has 1 N–H and O–H groups in total. The Kier molecular flexibility index (Phi) is 2.23. The van der Waals surface area contributed by atoms with E-state index < -0.39 is 6.08 Å². The molecule has 0 bridgehead atoms. The molecule has 0 saturated heterocycles. The maximum atomic E-state index is 12.7. The predicted octanol–water partition coefficient (Wildman–Crippen LogP) is 2.91. The molecule has 0 aliphatic carbocycles. The molecule has 0 radical (unpaired) electrons. The Labute approximate surface area is 95.2 Å². The van der Waals surface area contributed by atoms with Crippen molar-refractivity contribution in [1.82, 2.24) is 9.97 Å². The van der Waals surface area contributed by atoms with Crippen LogP contribution in [0.2, 0.25) is 0 Å². The van der Waals surface area contributed by atoms with Crippen LogP contribution in [0.5, 0.6) is 0 Å². The van der Waals surface area contributed by atoms with Crippen LogP contribution < -0.4 is 0 Å². The van der Waals surface area contributed by atoms with Crippen LogP contribution in [0.15, 0.2) is 12.1 Å². The number of nitrogens with one attached hydrogen (secondary N) is 1. The van der Waals surface area contributed by atoms with E-state index in [1.165, 1.54) is 0 Å². The van der Waals surface area contributed by atoms with Crippen LogP contribution in [0.1, 0.15) is 0 Å². The number of halogens is 3. The van der Waals surface area contributed by atoms with Gasteiger partial charge in [-0.25, -0.2) is 4.98 Å². The highest BCUT2D eigenvalue weighted by Crippen LogP contribution is 2.23. The lowest BCUT2D eigenvalue weighted by molar-refractivity contribution is 0.556. The number of imidazole rings is 1. The molecule has 0 atom stereocenters. The number of aromatic nitrogens is 2. The molecule has 2 aromatic rings. The Balaban J connectivity index is 2.89. The van der Waals surface area contributed by atoms with Crippen molar-refractivity contribution >= 4 is 56.2 Å². The minimum Gasteiger partial charge on any atom is -0.314 e. The monoisotopic (exact) mass is 388 g/mol. The Morgan fingerprint density at radius 3 is 2.83 bits per heavy atom. The highest BCUT2D eigenvalue weighted by Gasteiger charge is 2.07. The van der Waals surface area contributed by atoms with E-state index in [-0.39, 0.29) is 0 Å². The molecule has 2 nitrogen and oxygen atoms in total. The fraction of sp³-hybridized carbons (Fsp3) is 0. The van der Waals surface area contributed by atoms with Crippen molar-refractivity contribution in [2.75, 3.05) is 0 Å². The lowest BCUT2D eigenvalue weighted by Crippen LogP contribution is -1.80. The molecule has 0 aliphatic heterocycles. The van der Waals surface area contributed by atoms with E-state index in [0.29, 0.717) is 5.52 Å². The van der Waals surface area contributed by atoms with Crippen LogP contribution in [0, 0.1) is 13.2 Å². The van der Waals surface area contributed by atoms with E-state index in [2.05, 4.69) is 55.1 Å². The summed E-state index contributed by atoms with van der Waals surface area (Å²) in [6.45, 7) is 0. The summed E-state index contributed by atoms with van der Waals surface area (Å²) in [5.41, 5.74) is 1.46. The van der Waals surface area contributed by atoms with E-state index in [9.17, 15) is 4.39 Å². The molecule has 0 amide bonds. The predicted molar refractivity (Wildman–Crippen MR) is 61.5 cm³/mol. The standard InChI is InChI=1S/C7H3FI2N2/c8-7-11-4-2-1-3(9)5(10)6(4)12-7/h1-2H,(H,11,12). The third-order valence-electron chi connectivity index (χ3n) is 1.52. The second-order valence-corrected chi connectivity index (χ2v) is 4.53. The molecule has 0 fully saturated rings. The molecule has 0 aliphatic rings. The highest BCUT2D eigenvalue weighted by molar-refractivity contribution is 14.1. The van der Waals surface area contributed by atoms with Gasteiger partial charge in [0.05, 0.1) is 9.09 Å². The Hall–Kier alpha value is 0.0800. The molecule has 0 spiro atoms. The van der Waals surface area contributed by atoms with Gasteiger partial charge in [0.2, 0.25) is 0 Å². The number of H-pyrrole nitrogens is 1. The molecule has 1 aromatic heterocycles. The largest absolute Gasteiger partial charge is 0.314 e. The average Bonchev–Trinajstić information content (AvgIpc) is 2.39. The van der Waals surface area contributed by atoms with Gasteiger partial charge >= 0.3 is 0 Å². The number of nitrogens with zero attached hydrogens (tertiary/aromatic N) is 1. The number of aromatic amines is 1. The zero-order valence-electron chi connectivity index (χ0n) is 5.74. The van der Waals surface area contributed by atoms with Crippen molar-refractivity contribution in [3.05, 3.63) is 25.4 Å². The molecule has 0 saturated carbocycles. The Morgan fingerprint density at radius 2 is 2.08 bits per heavy atom. The number of rotatable bonds is 0. The second-order valence-electron chi connectivity index (χ2n) is 2.29. The lowest BCUT2D eigenvalue weighted by atomic mass is 10.3. The van der Waals surface area contributed by atoms with Crippen molar-refractivity contribution in [3.63, 3.8) is 0 Å². The van der Waals surface area contributed by atoms with Gasteiger partial charge in [0.15, 0.2) is 0 Å².